The van der Waals surface area contributed by atoms with Crippen molar-refractivity contribution in [2.75, 3.05) is 26.8 Å². The number of hydrogen-bond acceptors (Lipinski definition) is 4. The summed E-state index contributed by atoms with van der Waals surface area (Å²) in [5.41, 5.74) is 1.36. The van der Waals surface area contributed by atoms with E-state index >= 15 is 0 Å². The van der Waals surface area contributed by atoms with Gasteiger partial charge in [0, 0.05) is 58.9 Å². The molecule has 0 bridgehead atoms. The summed E-state index contributed by atoms with van der Waals surface area (Å²) < 4.78 is 8.66. The maximum Gasteiger partial charge on any atom is 0.250 e. The number of aromatic nitrogens is 3. The van der Waals surface area contributed by atoms with E-state index in [0.717, 1.165) is 39.2 Å². The van der Waals surface area contributed by atoms with Gasteiger partial charge in [-0.25, -0.2) is 0 Å². The second-order valence-electron chi connectivity index (χ2n) is 5.32. The van der Waals surface area contributed by atoms with E-state index in [4.69, 9.17) is 4.74 Å². The smallest absolute Gasteiger partial charge is 0.250 e. The van der Waals surface area contributed by atoms with Gasteiger partial charge in [-0.2, -0.15) is 5.10 Å². The third-order valence-corrected chi connectivity index (χ3v) is 3.65. The molecular formula is C16H24N4O2. The minimum Gasteiger partial charge on any atom is -0.385 e. The third-order valence-electron chi connectivity index (χ3n) is 3.65. The lowest BCUT2D eigenvalue weighted by atomic mass is 10.3. The van der Waals surface area contributed by atoms with Gasteiger partial charge in [-0.1, -0.05) is 6.07 Å². The highest BCUT2D eigenvalue weighted by Gasteiger charge is 2.15. The molecule has 0 atom stereocenters. The second-order valence-corrected chi connectivity index (χ2v) is 5.32. The Hall–Kier alpha value is -1.92. The number of aryl methyl sites for hydroxylation is 1. The Morgan fingerprint density at radius 3 is 2.82 bits per heavy atom. The fourth-order valence-corrected chi connectivity index (χ4v) is 2.37. The van der Waals surface area contributed by atoms with Crippen LogP contribution in [0.4, 0.5) is 0 Å². The fourth-order valence-electron chi connectivity index (χ4n) is 2.37. The number of hydrogen-bond donors (Lipinski definition) is 0. The Bertz CT molecular complexity index is 620. The van der Waals surface area contributed by atoms with E-state index in [0.29, 0.717) is 0 Å². The van der Waals surface area contributed by atoms with Crippen molar-refractivity contribution in [3.63, 3.8) is 0 Å². The van der Waals surface area contributed by atoms with Crippen LogP contribution < -0.4 is 5.56 Å². The average Bonchev–Trinajstić information content (AvgIpc) is 2.99. The first-order valence-electron chi connectivity index (χ1n) is 7.54. The predicted octanol–water partition coefficient (Wildman–Crippen LogP) is 1.12. The van der Waals surface area contributed by atoms with Gasteiger partial charge in [0.2, 0.25) is 5.56 Å². The lowest BCUT2D eigenvalue weighted by Crippen LogP contribution is -2.34. The quantitative estimate of drug-likeness (QED) is 0.794. The summed E-state index contributed by atoms with van der Waals surface area (Å²) in [4.78, 5) is 13.0. The molecular weight excluding hydrogens is 280 g/mol. The average molecular weight is 304 g/mol. The van der Waals surface area contributed by atoms with Crippen LogP contribution in [-0.2, 0) is 24.9 Å². The summed E-state index contributed by atoms with van der Waals surface area (Å²) >= 11 is 0. The lowest BCUT2D eigenvalue weighted by molar-refractivity contribution is 0.156. The van der Waals surface area contributed by atoms with Gasteiger partial charge in [0.05, 0.1) is 12.2 Å². The summed E-state index contributed by atoms with van der Waals surface area (Å²) in [5.74, 6) is 0. The molecule has 0 radical (unpaired) electrons. The van der Waals surface area contributed by atoms with Crippen molar-refractivity contribution < 1.29 is 4.74 Å². The number of nitrogens with zero attached hydrogens (tertiary/aromatic N) is 4. The standard InChI is InChI=1S/C10H17N3O.C6H7NO/c1-14-8-2-5-12-6-7-13-10(9-12)3-4-11-13;1-7-5-3-2-4-6(7)8/h3-4H,2,5-9H2,1H3;2-5H,1H3. The van der Waals surface area contributed by atoms with E-state index in [-0.39, 0.29) is 5.56 Å². The maximum absolute atomic E-state index is 10.6. The van der Waals surface area contributed by atoms with Gasteiger partial charge in [0.25, 0.3) is 0 Å². The van der Waals surface area contributed by atoms with Crippen LogP contribution in [0.3, 0.4) is 0 Å². The Morgan fingerprint density at radius 1 is 1.27 bits per heavy atom. The van der Waals surface area contributed by atoms with Gasteiger partial charge in [0.1, 0.15) is 0 Å². The van der Waals surface area contributed by atoms with Gasteiger partial charge >= 0.3 is 0 Å². The third kappa shape index (κ3) is 4.82. The lowest BCUT2D eigenvalue weighted by Gasteiger charge is -2.27. The molecule has 1 aliphatic rings. The Kier molecular flexibility index (Phi) is 6.36. The molecule has 0 unspecified atom stereocenters. The normalized spacial score (nSPS) is 14.1. The van der Waals surface area contributed by atoms with E-state index in [9.17, 15) is 4.79 Å². The van der Waals surface area contributed by atoms with Crippen molar-refractivity contribution in [2.24, 2.45) is 7.05 Å². The summed E-state index contributed by atoms with van der Waals surface area (Å²) in [6, 6.07) is 7.17. The van der Waals surface area contributed by atoms with Crippen LogP contribution in [0.25, 0.3) is 0 Å². The number of methoxy groups -OCH3 is 1. The van der Waals surface area contributed by atoms with Crippen molar-refractivity contribution >= 4 is 0 Å². The Morgan fingerprint density at radius 2 is 2.14 bits per heavy atom. The topological polar surface area (TPSA) is 52.3 Å². The number of ether oxygens (including phenoxy) is 1. The first kappa shape index (κ1) is 16.5. The molecule has 0 saturated carbocycles. The van der Waals surface area contributed by atoms with Crippen LogP contribution in [0.5, 0.6) is 0 Å². The van der Waals surface area contributed by atoms with Gasteiger partial charge in [-0.05, 0) is 18.6 Å². The molecule has 0 spiro atoms. The van der Waals surface area contributed by atoms with Crippen LogP contribution in [-0.4, -0.2) is 46.1 Å². The van der Waals surface area contributed by atoms with Crippen molar-refractivity contribution in [3.05, 3.63) is 52.7 Å². The molecule has 0 aliphatic carbocycles. The molecule has 0 saturated heterocycles. The molecule has 22 heavy (non-hydrogen) atoms. The largest absolute Gasteiger partial charge is 0.385 e. The van der Waals surface area contributed by atoms with E-state index in [2.05, 4.69) is 20.7 Å². The van der Waals surface area contributed by atoms with Crippen molar-refractivity contribution in [1.29, 1.82) is 0 Å². The first-order valence-corrected chi connectivity index (χ1v) is 7.54. The summed E-state index contributed by atoms with van der Waals surface area (Å²) in [6.07, 6.45) is 4.72. The molecule has 3 rings (SSSR count). The molecule has 0 amide bonds. The van der Waals surface area contributed by atoms with E-state index in [1.165, 1.54) is 16.3 Å². The van der Waals surface area contributed by atoms with Crippen LogP contribution in [0.15, 0.2) is 41.5 Å². The number of pyridine rings is 1. The molecule has 120 valence electrons. The van der Waals surface area contributed by atoms with Gasteiger partial charge in [0.15, 0.2) is 0 Å². The minimum atomic E-state index is 0.0347. The predicted molar refractivity (Wildman–Crippen MR) is 85.7 cm³/mol. The van der Waals surface area contributed by atoms with Gasteiger partial charge in [-0.15, -0.1) is 0 Å². The number of fused-ring (bicyclic) bond motifs is 1. The molecule has 6 heteroatoms. The number of rotatable bonds is 4. The van der Waals surface area contributed by atoms with Crippen molar-refractivity contribution in [2.45, 2.75) is 19.5 Å². The molecule has 0 aromatic carbocycles. The van der Waals surface area contributed by atoms with Crippen LogP contribution in [0.2, 0.25) is 0 Å². The molecule has 2 aromatic rings. The minimum absolute atomic E-state index is 0.0347. The molecule has 2 aromatic heterocycles. The van der Waals surface area contributed by atoms with Crippen molar-refractivity contribution in [3.8, 4) is 0 Å². The highest BCUT2D eigenvalue weighted by Crippen LogP contribution is 2.10. The SMILES string of the molecule is COCCCN1CCn2nccc2C1.Cn1ccccc1=O. The highest BCUT2D eigenvalue weighted by molar-refractivity contribution is 5.02. The van der Waals surface area contributed by atoms with Crippen molar-refractivity contribution in [1.82, 2.24) is 19.2 Å². The van der Waals surface area contributed by atoms with E-state index in [1.807, 2.05) is 12.3 Å². The summed E-state index contributed by atoms with van der Waals surface area (Å²) in [5, 5.41) is 4.25. The Balaban J connectivity index is 0.000000188. The molecule has 0 fully saturated rings. The summed E-state index contributed by atoms with van der Waals surface area (Å²) in [6.45, 7) is 5.15. The highest BCUT2D eigenvalue weighted by atomic mass is 16.5. The Labute approximate surface area is 130 Å². The van der Waals surface area contributed by atoms with Crippen LogP contribution >= 0.6 is 0 Å². The fraction of sp³-hybridized carbons (Fsp3) is 0.500. The zero-order chi connectivity index (χ0) is 15.8. The first-order chi connectivity index (χ1) is 10.7. The zero-order valence-corrected chi connectivity index (χ0v) is 13.3. The second kappa shape index (κ2) is 8.51. The summed E-state index contributed by atoms with van der Waals surface area (Å²) in [7, 11) is 3.48. The van der Waals surface area contributed by atoms with Gasteiger partial charge in [-0.3, -0.25) is 14.4 Å². The maximum atomic E-state index is 10.6. The molecule has 0 N–H and O–H groups in total. The monoisotopic (exact) mass is 304 g/mol. The molecule has 6 nitrogen and oxygen atoms in total. The van der Waals surface area contributed by atoms with E-state index < -0.39 is 0 Å². The zero-order valence-electron chi connectivity index (χ0n) is 13.3. The van der Waals surface area contributed by atoms with Crippen LogP contribution in [0, 0.1) is 0 Å². The molecule has 1 aliphatic heterocycles. The van der Waals surface area contributed by atoms with E-state index in [1.54, 1.807) is 26.4 Å². The van der Waals surface area contributed by atoms with Gasteiger partial charge < -0.3 is 9.30 Å². The molecule has 3 heterocycles. The van der Waals surface area contributed by atoms with Crippen LogP contribution in [0.1, 0.15) is 12.1 Å².